The quantitative estimate of drug-likeness (QED) is 0.566. The van der Waals surface area contributed by atoms with E-state index < -0.39 is 0 Å². The Morgan fingerprint density at radius 2 is 1.94 bits per heavy atom. The summed E-state index contributed by atoms with van der Waals surface area (Å²) in [6.45, 7) is 4.59. The molecule has 1 aromatic rings. The summed E-state index contributed by atoms with van der Waals surface area (Å²) in [4.78, 5) is 21.9. The fraction of sp³-hybridized carbons (Fsp3) is 0.385. The maximum absolute atomic E-state index is 11.5. The van der Waals surface area contributed by atoms with Gasteiger partial charge in [-0.15, -0.1) is 0 Å². The van der Waals surface area contributed by atoms with E-state index in [1.807, 2.05) is 0 Å². The first-order valence-corrected chi connectivity index (χ1v) is 5.36. The van der Waals surface area contributed by atoms with Crippen LogP contribution >= 0.6 is 0 Å². The third kappa shape index (κ3) is 3.85. The van der Waals surface area contributed by atoms with Crippen molar-refractivity contribution < 1.29 is 14.3 Å². The molecule has 0 fully saturated rings. The van der Waals surface area contributed by atoms with E-state index >= 15 is 0 Å². The summed E-state index contributed by atoms with van der Waals surface area (Å²) in [6.07, 6.45) is 1.60. The van der Waals surface area contributed by atoms with Gasteiger partial charge in [0.2, 0.25) is 0 Å². The maximum atomic E-state index is 11.5. The van der Waals surface area contributed by atoms with Crippen LogP contribution in [0.1, 0.15) is 41.0 Å². The highest BCUT2D eigenvalue weighted by atomic mass is 16.5. The SMILES string of the molecule is CC(C)CCOC(=O)c1ccc(C=O)cc1. The summed E-state index contributed by atoms with van der Waals surface area (Å²) in [6, 6.07) is 6.40. The molecule has 0 aliphatic heterocycles. The van der Waals surface area contributed by atoms with Crippen molar-refractivity contribution in [3.05, 3.63) is 35.4 Å². The number of carbonyl (C=O) groups excluding carboxylic acids is 2. The molecular weight excluding hydrogens is 204 g/mol. The van der Waals surface area contributed by atoms with E-state index in [-0.39, 0.29) is 5.97 Å². The predicted octanol–water partition coefficient (Wildman–Crippen LogP) is 2.70. The number of carbonyl (C=O) groups is 2. The molecule has 86 valence electrons. The van der Waals surface area contributed by atoms with Crippen molar-refractivity contribution >= 4 is 12.3 Å². The molecule has 0 bridgehead atoms. The molecule has 0 saturated heterocycles. The number of rotatable bonds is 5. The van der Waals surface area contributed by atoms with Gasteiger partial charge in [-0.3, -0.25) is 4.79 Å². The summed E-state index contributed by atoms with van der Waals surface area (Å²) in [5, 5.41) is 0. The predicted molar refractivity (Wildman–Crippen MR) is 61.6 cm³/mol. The van der Waals surface area contributed by atoms with Crippen LogP contribution in [-0.4, -0.2) is 18.9 Å². The van der Waals surface area contributed by atoms with Crippen LogP contribution in [0.4, 0.5) is 0 Å². The molecule has 16 heavy (non-hydrogen) atoms. The second-order valence-corrected chi connectivity index (χ2v) is 4.06. The van der Waals surface area contributed by atoms with Crippen LogP contribution in [0.25, 0.3) is 0 Å². The van der Waals surface area contributed by atoms with Gasteiger partial charge in [0, 0.05) is 5.56 Å². The minimum atomic E-state index is -0.335. The van der Waals surface area contributed by atoms with Crippen molar-refractivity contribution in [2.45, 2.75) is 20.3 Å². The van der Waals surface area contributed by atoms with Crippen molar-refractivity contribution in [1.29, 1.82) is 0 Å². The number of hydrogen-bond donors (Lipinski definition) is 0. The van der Waals surface area contributed by atoms with Crippen molar-refractivity contribution in [3.63, 3.8) is 0 Å². The van der Waals surface area contributed by atoms with E-state index in [0.717, 1.165) is 12.7 Å². The van der Waals surface area contributed by atoms with E-state index in [2.05, 4.69) is 13.8 Å². The Kier molecular flexibility index (Phi) is 4.70. The maximum Gasteiger partial charge on any atom is 0.338 e. The average molecular weight is 220 g/mol. The molecule has 0 aliphatic rings. The van der Waals surface area contributed by atoms with Crippen molar-refractivity contribution in [1.82, 2.24) is 0 Å². The van der Waals surface area contributed by atoms with Crippen molar-refractivity contribution in [2.24, 2.45) is 5.92 Å². The smallest absolute Gasteiger partial charge is 0.338 e. The molecule has 3 nitrogen and oxygen atoms in total. The van der Waals surface area contributed by atoms with E-state index in [0.29, 0.717) is 23.7 Å². The van der Waals surface area contributed by atoms with Crippen LogP contribution in [0, 0.1) is 5.92 Å². The van der Waals surface area contributed by atoms with Gasteiger partial charge in [0.25, 0.3) is 0 Å². The fourth-order valence-electron chi connectivity index (χ4n) is 1.17. The second-order valence-electron chi connectivity index (χ2n) is 4.06. The molecule has 1 rings (SSSR count). The lowest BCUT2D eigenvalue weighted by Gasteiger charge is -2.06. The van der Waals surface area contributed by atoms with Gasteiger partial charge >= 0.3 is 5.97 Å². The molecule has 0 heterocycles. The van der Waals surface area contributed by atoms with Crippen LogP contribution in [-0.2, 0) is 4.74 Å². The highest BCUT2D eigenvalue weighted by Crippen LogP contribution is 2.06. The van der Waals surface area contributed by atoms with Gasteiger partial charge in [0.05, 0.1) is 12.2 Å². The Hall–Kier alpha value is -1.64. The Balaban J connectivity index is 2.49. The number of ether oxygens (including phenoxy) is 1. The molecular formula is C13H16O3. The molecule has 0 radical (unpaired) electrons. The fourth-order valence-corrected chi connectivity index (χ4v) is 1.17. The molecule has 0 N–H and O–H groups in total. The summed E-state index contributed by atoms with van der Waals surface area (Å²) < 4.78 is 5.09. The largest absolute Gasteiger partial charge is 0.462 e. The van der Waals surface area contributed by atoms with Gasteiger partial charge in [0.15, 0.2) is 0 Å². The zero-order chi connectivity index (χ0) is 12.0. The number of hydrogen-bond acceptors (Lipinski definition) is 3. The van der Waals surface area contributed by atoms with Crippen LogP contribution in [0.3, 0.4) is 0 Å². The average Bonchev–Trinajstić information content (AvgIpc) is 2.28. The monoisotopic (exact) mass is 220 g/mol. The van der Waals surface area contributed by atoms with E-state index in [4.69, 9.17) is 4.74 Å². The molecule has 0 spiro atoms. The molecule has 1 aromatic carbocycles. The first kappa shape index (κ1) is 12.4. The number of aldehydes is 1. The van der Waals surface area contributed by atoms with Crippen LogP contribution < -0.4 is 0 Å². The van der Waals surface area contributed by atoms with Crippen LogP contribution in [0.15, 0.2) is 24.3 Å². The standard InChI is InChI=1S/C13H16O3/c1-10(2)7-8-16-13(15)12-5-3-11(9-14)4-6-12/h3-6,9-10H,7-8H2,1-2H3. The molecule has 0 unspecified atom stereocenters. The van der Waals surface area contributed by atoms with Gasteiger partial charge in [-0.2, -0.15) is 0 Å². The summed E-state index contributed by atoms with van der Waals surface area (Å²) >= 11 is 0. The highest BCUT2D eigenvalue weighted by Gasteiger charge is 2.06. The second kappa shape index (κ2) is 6.05. The molecule has 0 aromatic heterocycles. The Morgan fingerprint density at radius 3 is 2.44 bits per heavy atom. The Labute approximate surface area is 95.4 Å². The Morgan fingerprint density at radius 1 is 1.31 bits per heavy atom. The lowest BCUT2D eigenvalue weighted by molar-refractivity contribution is 0.0488. The summed E-state index contributed by atoms with van der Waals surface area (Å²) in [5.74, 6) is 0.184. The Bertz CT molecular complexity index is 352. The normalized spacial score (nSPS) is 10.2. The zero-order valence-electron chi connectivity index (χ0n) is 9.60. The summed E-state index contributed by atoms with van der Waals surface area (Å²) in [7, 11) is 0. The van der Waals surface area contributed by atoms with Gasteiger partial charge in [-0.05, 0) is 24.5 Å². The van der Waals surface area contributed by atoms with Crippen LogP contribution in [0.5, 0.6) is 0 Å². The van der Waals surface area contributed by atoms with Crippen LogP contribution in [0.2, 0.25) is 0 Å². The lowest BCUT2D eigenvalue weighted by Crippen LogP contribution is -2.08. The highest BCUT2D eigenvalue weighted by molar-refractivity contribution is 5.90. The van der Waals surface area contributed by atoms with Gasteiger partial charge in [-0.1, -0.05) is 26.0 Å². The molecule has 0 aliphatic carbocycles. The van der Waals surface area contributed by atoms with E-state index in [1.54, 1.807) is 24.3 Å². The molecule has 0 atom stereocenters. The minimum Gasteiger partial charge on any atom is -0.462 e. The lowest BCUT2D eigenvalue weighted by atomic mass is 10.1. The number of benzene rings is 1. The van der Waals surface area contributed by atoms with Gasteiger partial charge in [0.1, 0.15) is 6.29 Å². The molecule has 0 saturated carbocycles. The van der Waals surface area contributed by atoms with Crippen molar-refractivity contribution in [3.8, 4) is 0 Å². The molecule has 0 amide bonds. The van der Waals surface area contributed by atoms with Gasteiger partial charge < -0.3 is 4.74 Å². The third-order valence-electron chi connectivity index (χ3n) is 2.21. The van der Waals surface area contributed by atoms with E-state index in [1.165, 1.54) is 0 Å². The summed E-state index contributed by atoms with van der Waals surface area (Å²) in [5.41, 5.74) is 1.04. The number of esters is 1. The topological polar surface area (TPSA) is 43.4 Å². The first-order chi connectivity index (χ1) is 7.63. The van der Waals surface area contributed by atoms with Gasteiger partial charge in [-0.25, -0.2) is 4.79 Å². The van der Waals surface area contributed by atoms with Crippen molar-refractivity contribution in [2.75, 3.05) is 6.61 Å². The third-order valence-corrected chi connectivity index (χ3v) is 2.21. The first-order valence-electron chi connectivity index (χ1n) is 5.36. The van der Waals surface area contributed by atoms with E-state index in [9.17, 15) is 9.59 Å². The minimum absolute atomic E-state index is 0.335. The zero-order valence-corrected chi connectivity index (χ0v) is 9.60. The molecule has 3 heteroatoms.